The molecular weight excluding hydrogens is 564 g/mol. The van der Waals surface area contributed by atoms with Gasteiger partial charge in [-0.15, -0.1) is 10.2 Å². The molecule has 0 bridgehead atoms. The van der Waals surface area contributed by atoms with Crippen LogP contribution in [0.4, 0.5) is 0 Å². The van der Waals surface area contributed by atoms with E-state index in [4.69, 9.17) is 18.9 Å². The number of aromatic nitrogens is 3. The van der Waals surface area contributed by atoms with Crippen LogP contribution in [-0.4, -0.2) is 75.0 Å². The second-order valence-electron chi connectivity index (χ2n) is 9.68. The van der Waals surface area contributed by atoms with Crippen molar-refractivity contribution in [2.75, 3.05) is 6.61 Å². The molecule has 3 aromatic rings. The van der Waals surface area contributed by atoms with Gasteiger partial charge in [0.2, 0.25) is 5.91 Å². The molecule has 0 saturated carbocycles. The number of rotatable bonds is 9. The number of aryl methyl sites for hydroxylation is 1. The highest BCUT2D eigenvalue weighted by atomic mass is 32.2. The van der Waals surface area contributed by atoms with Crippen LogP contribution in [0.25, 0.3) is 17.1 Å². The number of hydrogen-bond donors (Lipinski definition) is 1. The predicted molar refractivity (Wildman–Crippen MR) is 151 cm³/mol. The average molecular weight is 597 g/mol. The third kappa shape index (κ3) is 7.53. The minimum absolute atomic E-state index is 0.297. The third-order valence-electron chi connectivity index (χ3n) is 6.25. The Morgan fingerprint density at radius 3 is 2.12 bits per heavy atom. The maximum atomic E-state index is 12.3. The Balaban J connectivity index is 1.80. The molecule has 1 aromatic heterocycles. The van der Waals surface area contributed by atoms with Gasteiger partial charge in [-0.25, -0.2) is 0 Å². The van der Waals surface area contributed by atoms with E-state index in [9.17, 15) is 19.2 Å². The lowest BCUT2D eigenvalue weighted by molar-refractivity contribution is -0.211. The number of nitrogens with zero attached hydrogens (tertiary/aromatic N) is 3. The number of hydrogen-bond acceptors (Lipinski definition) is 11. The first-order chi connectivity index (χ1) is 20.0. The zero-order valence-corrected chi connectivity index (χ0v) is 24.6. The van der Waals surface area contributed by atoms with Crippen molar-refractivity contribution in [3.8, 4) is 17.1 Å². The Bertz CT molecular complexity index is 1430. The summed E-state index contributed by atoms with van der Waals surface area (Å²) in [5.41, 5.74) is 1.75. The van der Waals surface area contributed by atoms with Crippen molar-refractivity contribution in [3.63, 3.8) is 0 Å². The summed E-state index contributed by atoms with van der Waals surface area (Å²) in [6.45, 7) is 6.62. The molecule has 4 rings (SSSR count). The molecule has 2 heterocycles. The molecule has 42 heavy (non-hydrogen) atoms. The number of carbonyl (C=O) groups is 4. The fourth-order valence-electron chi connectivity index (χ4n) is 4.54. The standard InChI is InChI=1S/C29H32N4O8S/c1-16-11-13-21(14-12-16)27-31-32-29(33(27)22-9-7-6-8-10-22)42-28-24(30-17(2)34)26(40-20(5)37)25(39-19(4)36)23(41-28)15-38-18(3)35/h6-14,23-26,28H,15H2,1-5H3,(H,30,34)/t23-,24-,25-,26-,28-/m1/s1. The van der Waals surface area contributed by atoms with E-state index in [0.29, 0.717) is 11.0 Å². The van der Waals surface area contributed by atoms with Crippen molar-refractivity contribution in [1.29, 1.82) is 0 Å². The maximum absolute atomic E-state index is 12.3. The minimum Gasteiger partial charge on any atom is -0.463 e. The Hall–Kier alpha value is -4.23. The van der Waals surface area contributed by atoms with Crippen molar-refractivity contribution in [3.05, 3.63) is 60.2 Å². The Morgan fingerprint density at radius 2 is 1.52 bits per heavy atom. The molecule has 0 spiro atoms. The summed E-state index contributed by atoms with van der Waals surface area (Å²) in [5.74, 6) is -1.78. The summed E-state index contributed by atoms with van der Waals surface area (Å²) in [6.07, 6.45) is -3.39. The van der Waals surface area contributed by atoms with Crippen molar-refractivity contribution in [1.82, 2.24) is 20.1 Å². The highest BCUT2D eigenvalue weighted by molar-refractivity contribution is 7.99. The number of carbonyl (C=O) groups excluding carboxylic acids is 4. The summed E-state index contributed by atoms with van der Waals surface area (Å²) >= 11 is 1.12. The van der Waals surface area contributed by atoms with Crippen LogP contribution in [0, 0.1) is 6.92 Å². The Kier molecular flexibility index (Phi) is 9.96. The highest BCUT2D eigenvalue weighted by Gasteiger charge is 2.51. The topological polar surface area (TPSA) is 148 Å². The predicted octanol–water partition coefficient (Wildman–Crippen LogP) is 2.99. The van der Waals surface area contributed by atoms with Gasteiger partial charge in [0.1, 0.15) is 24.2 Å². The summed E-state index contributed by atoms with van der Waals surface area (Å²) in [5, 5.41) is 12.1. The van der Waals surface area contributed by atoms with E-state index in [1.807, 2.05) is 66.1 Å². The number of amides is 1. The quantitative estimate of drug-likeness (QED) is 0.287. The van der Waals surface area contributed by atoms with Gasteiger partial charge in [0.15, 0.2) is 23.2 Å². The van der Waals surface area contributed by atoms with Crippen molar-refractivity contribution in [2.45, 2.75) is 69.6 Å². The molecule has 1 amide bonds. The van der Waals surface area contributed by atoms with E-state index in [-0.39, 0.29) is 6.61 Å². The summed E-state index contributed by atoms with van der Waals surface area (Å²) < 4.78 is 24.5. The van der Waals surface area contributed by atoms with Gasteiger partial charge in [-0.3, -0.25) is 23.7 Å². The van der Waals surface area contributed by atoms with Crippen LogP contribution in [-0.2, 0) is 38.1 Å². The van der Waals surface area contributed by atoms with E-state index in [1.54, 1.807) is 0 Å². The molecule has 222 valence electrons. The molecule has 12 nitrogen and oxygen atoms in total. The first-order valence-electron chi connectivity index (χ1n) is 13.2. The maximum Gasteiger partial charge on any atom is 0.303 e. The van der Waals surface area contributed by atoms with Crippen LogP contribution in [0.1, 0.15) is 33.3 Å². The zero-order valence-electron chi connectivity index (χ0n) is 23.8. The van der Waals surface area contributed by atoms with Gasteiger partial charge >= 0.3 is 17.9 Å². The van der Waals surface area contributed by atoms with Gasteiger partial charge in [-0.05, 0) is 19.1 Å². The van der Waals surface area contributed by atoms with Gasteiger partial charge in [0.25, 0.3) is 0 Å². The zero-order chi connectivity index (χ0) is 30.4. The van der Waals surface area contributed by atoms with Crippen LogP contribution < -0.4 is 5.32 Å². The van der Waals surface area contributed by atoms with Crippen LogP contribution in [0.15, 0.2) is 59.8 Å². The van der Waals surface area contributed by atoms with Gasteiger partial charge in [-0.1, -0.05) is 59.8 Å². The number of ether oxygens (including phenoxy) is 4. The SMILES string of the molecule is CC(=O)N[C@@H]1[C@@H](OC(C)=O)[C@H](OC(C)=O)[C@@H](COC(C)=O)O[C@@H]1Sc1nnc(-c2ccc(C)cc2)n1-c1ccccc1. The monoisotopic (exact) mass is 596 g/mol. The molecule has 1 aliphatic rings. The molecule has 13 heteroatoms. The van der Waals surface area contributed by atoms with Crippen LogP contribution in [0.5, 0.6) is 0 Å². The number of para-hydroxylation sites is 1. The number of thioether (sulfide) groups is 1. The molecule has 0 aliphatic carbocycles. The molecule has 1 aliphatic heterocycles. The summed E-state index contributed by atoms with van der Waals surface area (Å²) in [7, 11) is 0. The molecule has 5 atom stereocenters. The number of benzene rings is 2. The number of esters is 3. The normalized spacial score (nSPS) is 21.7. The fraction of sp³-hybridized carbons (Fsp3) is 0.379. The van der Waals surface area contributed by atoms with E-state index >= 15 is 0 Å². The van der Waals surface area contributed by atoms with Crippen molar-refractivity contribution >= 4 is 35.6 Å². The van der Waals surface area contributed by atoms with Crippen molar-refractivity contribution < 1.29 is 38.1 Å². The largest absolute Gasteiger partial charge is 0.463 e. The second-order valence-corrected chi connectivity index (χ2v) is 10.7. The molecular formula is C29H32N4O8S. The van der Waals surface area contributed by atoms with Crippen LogP contribution in [0.2, 0.25) is 0 Å². The first-order valence-corrected chi connectivity index (χ1v) is 14.1. The minimum atomic E-state index is -1.19. The highest BCUT2D eigenvalue weighted by Crippen LogP contribution is 2.37. The Labute approximate surface area is 247 Å². The smallest absolute Gasteiger partial charge is 0.303 e. The van der Waals surface area contributed by atoms with Crippen molar-refractivity contribution in [2.24, 2.45) is 0 Å². The summed E-state index contributed by atoms with van der Waals surface area (Å²) in [4.78, 5) is 48.3. The molecule has 0 radical (unpaired) electrons. The van der Waals surface area contributed by atoms with Gasteiger partial charge in [0, 0.05) is 38.9 Å². The molecule has 1 fully saturated rings. The fourth-order valence-corrected chi connectivity index (χ4v) is 5.70. The molecule has 1 N–H and O–H groups in total. The van der Waals surface area contributed by atoms with E-state index < -0.39 is 53.6 Å². The third-order valence-corrected chi connectivity index (χ3v) is 7.36. The second kappa shape index (κ2) is 13.6. The Morgan fingerprint density at radius 1 is 0.881 bits per heavy atom. The van der Waals surface area contributed by atoms with E-state index in [2.05, 4.69) is 15.5 Å². The lowest BCUT2D eigenvalue weighted by Crippen LogP contribution is -2.65. The van der Waals surface area contributed by atoms with Gasteiger partial charge < -0.3 is 24.3 Å². The first kappa shape index (κ1) is 30.7. The average Bonchev–Trinajstić information content (AvgIpc) is 3.34. The molecule has 2 aromatic carbocycles. The lowest BCUT2D eigenvalue weighted by Gasteiger charge is -2.44. The van der Waals surface area contributed by atoms with E-state index in [0.717, 1.165) is 28.6 Å². The summed E-state index contributed by atoms with van der Waals surface area (Å²) in [6, 6.07) is 16.3. The van der Waals surface area contributed by atoms with Gasteiger partial charge in [0.05, 0.1) is 0 Å². The van der Waals surface area contributed by atoms with E-state index in [1.165, 1.54) is 27.7 Å². The van der Waals surface area contributed by atoms with Crippen LogP contribution >= 0.6 is 11.8 Å². The van der Waals surface area contributed by atoms with Gasteiger partial charge in [-0.2, -0.15) is 0 Å². The molecule has 1 saturated heterocycles. The molecule has 0 unspecified atom stereocenters. The van der Waals surface area contributed by atoms with Crippen LogP contribution in [0.3, 0.4) is 0 Å². The number of nitrogens with one attached hydrogen (secondary N) is 1. The lowest BCUT2D eigenvalue weighted by atomic mass is 9.97.